The highest BCUT2D eigenvalue weighted by atomic mass is 35.5. The summed E-state index contributed by atoms with van der Waals surface area (Å²) in [7, 11) is 0. The molecule has 8 heteroatoms. The molecule has 0 saturated carbocycles. The lowest BCUT2D eigenvalue weighted by Gasteiger charge is -2.10. The van der Waals surface area contributed by atoms with Gasteiger partial charge in [-0.05, 0) is 36.4 Å². The third kappa shape index (κ3) is 3.90. The van der Waals surface area contributed by atoms with Crippen molar-refractivity contribution in [2.45, 2.75) is 5.92 Å². The molecule has 2 aromatic carbocycles. The van der Waals surface area contributed by atoms with Crippen molar-refractivity contribution in [2.24, 2.45) is 5.73 Å². The number of hydrogen-bond acceptors (Lipinski definition) is 5. The fraction of sp³-hybridized carbons (Fsp3) is 0.100. The highest BCUT2D eigenvalue weighted by Crippen LogP contribution is 2.26. The molecule has 0 aliphatic heterocycles. The molecule has 0 aliphatic rings. The second-order valence-corrected chi connectivity index (χ2v) is 6.58. The minimum absolute atomic E-state index is 0.0585. The van der Waals surface area contributed by atoms with Crippen LogP contribution in [0.2, 0.25) is 10.0 Å². The number of fused-ring (bicyclic) bond motifs is 1. The van der Waals surface area contributed by atoms with E-state index in [2.05, 4.69) is 21.8 Å². The van der Waals surface area contributed by atoms with Gasteiger partial charge in [0, 0.05) is 16.1 Å². The van der Waals surface area contributed by atoms with Crippen LogP contribution in [0, 0.1) is 23.2 Å². The lowest BCUT2D eigenvalue weighted by atomic mass is 9.97. The molecule has 1 aromatic heterocycles. The average molecular weight is 411 g/mol. The summed E-state index contributed by atoms with van der Waals surface area (Å²) in [5.74, 6) is 3.57. The number of ketones is 1. The molecule has 0 bridgehead atoms. The van der Waals surface area contributed by atoms with Crippen molar-refractivity contribution >= 4 is 39.9 Å². The van der Waals surface area contributed by atoms with Crippen LogP contribution in [0.4, 0.5) is 0 Å². The molecule has 6 nitrogen and oxygen atoms in total. The topological polar surface area (TPSA) is 113 Å². The second-order valence-electron chi connectivity index (χ2n) is 5.74. The number of rotatable bonds is 3. The monoisotopic (exact) mass is 410 g/mol. The van der Waals surface area contributed by atoms with E-state index in [9.17, 15) is 14.9 Å². The summed E-state index contributed by atoms with van der Waals surface area (Å²) in [5.41, 5.74) is 5.94. The van der Waals surface area contributed by atoms with E-state index in [-0.39, 0.29) is 23.0 Å². The van der Waals surface area contributed by atoms with Crippen molar-refractivity contribution in [3.63, 3.8) is 0 Å². The van der Waals surface area contributed by atoms with Gasteiger partial charge in [0.2, 0.25) is 0 Å². The molecule has 3 aromatic rings. The summed E-state index contributed by atoms with van der Waals surface area (Å²) in [6.45, 7) is 0.199. The molecule has 3 rings (SSSR count). The molecular weight excluding hydrogens is 399 g/mol. The normalized spacial score (nSPS) is 11.4. The number of nitrogens with two attached hydrogens (primary N) is 1. The van der Waals surface area contributed by atoms with Crippen LogP contribution < -0.4 is 11.3 Å². The molecule has 0 amide bonds. The first-order valence-corrected chi connectivity index (χ1v) is 8.82. The molecule has 1 heterocycles. The van der Waals surface area contributed by atoms with Gasteiger partial charge in [-0.2, -0.15) is 5.26 Å². The Balaban J connectivity index is 2.07. The lowest BCUT2D eigenvalue weighted by molar-refractivity contribution is 0.0976. The molecule has 0 spiro atoms. The fourth-order valence-electron chi connectivity index (χ4n) is 2.61. The van der Waals surface area contributed by atoms with Gasteiger partial charge in [0.25, 0.3) is 5.56 Å². The smallest absolute Gasteiger partial charge is 0.258 e. The maximum absolute atomic E-state index is 12.8. The molecule has 28 heavy (non-hydrogen) atoms. The first-order valence-electron chi connectivity index (χ1n) is 8.06. The molecular formula is C20H12Cl2N4O2. The maximum Gasteiger partial charge on any atom is 0.258 e. The fourth-order valence-corrected chi connectivity index (χ4v) is 3.11. The standard InChI is InChI=1S/C20H12Cl2N4O2/c21-12-4-5-13(16(22)9-12)18(27)15(10-24)19-25-17-6-3-11(2-1-7-23)8-14(17)20(28)26-19/h3-6,8-9,15H,7,23H2,(H,25,26,28). The minimum Gasteiger partial charge on any atom is -0.320 e. The SMILES string of the molecule is N#CC(C(=O)c1ccc(Cl)cc1Cl)c1nc2ccc(C#CCN)cc2c(=O)[nH]1. The first kappa shape index (κ1) is 19.6. The van der Waals surface area contributed by atoms with Crippen LogP contribution in [-0.2, 0) is 0 Å². The Bertz CT molecular complexity index is 1250. The maximum atomic E-state index is 12.8. The van der Waals surface area contributed by atoms with E-state index in [0.717, 1.165) is 0 Å². The van der Waals surface area contributed by atoms with Gasteiger partial charge >= 0.3 is 0 Å². The number of nitrogens with zero attached hydrogens (tertiary/aromatic N) is 2. The zero-order valence-corrected chi connectivity index (χ0v) is 15.8. The van der Waals surface area contributed by atoms with Gasteiger partial charge < -0.3 is 10.7 Å². The van der Waals surface area contributed by atoms with E-state index in [0.29, 0.717) is 21.5 Å². The first-order chi connectivity index (χ1) is 13.4. The number of benzene rings is 2. The van der Waals surface area contributed by atoms with E-state index < -0.39 is 17.3 Å². The molecule has 1 atom stereocenters. The molecule has 0 aliphatic carbocycles. The number of Topliss-reactive ketones (excluding diaryl/α,β-unsaturated/α-hetero) is 1. The number of halogens is 2. The molecule has 0 radical (unpaired) electrons. The Hall–Kier alpha value is -3.16. The van der Waals surface area contributed by atoms with Gasteiger partial charge in [-0.25, -0.2) is 4.98 Å². The van der Waals surface area contributed by atoms with Crippen LogP contribution in [0.1, 0.15) is 27.7 Å². The Morgan fingerprint density at radius 3 is 2.71 bits per heavy atom. The average Bonchev–Trinajstić information content (AvgIpc) is 2.67. The van der Waals surface area contributed by atoms with E-state index in [1.807, 2.05) is 6.07 Å². The van der Waals surface area contributed by atoms with Gasteiger partial charge in [0.15, 0.2) is 11.7 Å². The number of nitrogens with one attached hydrogen (secondary N) is 1. The zero-order chi connectivity index (χ0) is 20.3. The number of hydrogen-bond donors (Lipinski definition) is 2. The summed E-state index contributed by atoms with van der Waals surface area (Å²) in [5, 5.41) is 10.3. The number of H-pyrrole nitrogens is 1. The highest BCUT2D eigenvalue weighted by molar-refractivity contribution is 6.37. The number of aromatic amines is 1. The summed E-state index contributed by atoms with van der Waals surface area (Å²) in [6, 6.07) is 11.1. The van der Waals surface area contributed by atoms with E-state index in [4.69, 9.17) is 28.9 Å². The van der Waals surface area contributed by atoms with Crippen molar-refractivity contribution in [2.75, 3.05) is 6.54 Å². The summed E-state index contributed by atoms with van der Waals surface area (Å²) >= 11 is 11.9. The molecule has 138 valence electrons. The molecule has 3 N–H and O–H groups in total. The van der Waals surface area contributed by atoms with Crippen LogP contribution >= 0.6 is 23.2 Å². The zero-order valence-electron chi connectivity index (χ0n) is 14.3. The van der Waals surface area contributed by atoms with Gasteiger partial charge in [-0.15, -0.1) is 0 Å². The minimum atomic E-state index is -1.33. The third-order valence-electron chi connectivity index (χ3n) is 3.92. The number of carbonyl (C=O) groups is 1. The van der Waals surface area contributed by atoms with Gasteiger partial charge in [0.05, 0.1) is 28.5 Å². The van der Waals surface area contributed by atoms with Crippen LogP contribution in [0.25, 0.3) is 10.9 Å². The third-order valence-corrected chi connectivity index (χ3v) is 4.47. The number of nitriles is 1. The van der Waals surface area contributed by atoms with Crippen molar-refractivity contribution < 1.29 is 4.79 Å². The summed E-state index contributed by atoms with van der Waals surface area (Å²) in [4.78, 5) is 32.1. The second kappa shape index (κ2) is 8.24. The van der Waals surface area contributed by atoms with E-state index >= 15 is 0 Å². The van der Waals surface area contributed by atoms with Gasteiger partial charge in [0.1, 0.15) is 5.82 Å². The highest BCUT2D eigenvalue weighted by Gasteiger charge is 2.26. The van der Waals surface area contributed by atoms with Gasteiger partial charge in [-0.3, -0.25) is 9.59 Å². The van der Waals surface area contributed by atoms with Crippen molar-refractivity contribution in [1.82, 2.24) is 9.97 Å². The number of aromatic nitrogens is 2. The van der Waals surface area contributed by atoms with E-state index in [1.165, 1.54) is 18.2 Å². The predicted octanol–water partition coefficient (Wildman–Crippen LogP) is 3.03. The van der Waals surface area contributed by atoms with Crippen LogP contribution in [0.3, 0.4) is 0 Å². The molecule has 0 fully saturated rings. The molecule has 1 unspecified atom stereocenters. The largest absolute Gasteiger partial charge is 0.320 e. The van der Waals surface area contributed by atoms with E-state index in [1.54, 1.807) is 18.2 Å². The van der Waals surface area contributed by atoms with Crippen LogP contribution in [-0.4, -0.2) is 22.3 Å². The summed E-state index contributed by atoms with van der Waals surface area (Å²) in [6.07, 6.45) is 0. The Labute approximate surface area is 169 Å². The Morgan fingerprint density at radius 2 is 2.04 bits per heavy atom. The van der Waals surface area contributed by atoms with Crippen molar-refractivity contribution in [3.8, 4) is 17.9 Å². The quantitative estimate of drug-likeness (QED) is 0.508. The van der Waals surface area contributed by atoms with Crippen LogP contribution in [0.5, 0.6) is 0 Å². The van der Waals surface area contributed by atoms with Crippen molar-refractivity contribution in [3.05, 3.63) is 73.7 Å². The summed E-state index contributed by atoms with van der Waals surface area (Å²) < 4.78 is 0. The lowest BCUT2D eigenvalue weighted by Crippen LogP contribution is -2.20. The Kier molecular flexibility index (Phi) is 5.77. The van der Waals surface area contributed by atoms with Crippen LogP contribution in [0.15, 0.2) is 41.2 Å². The predicted molar refractivity (Wildman–Crippen MR) is 107 cm³/mol. The van der Waals surface area contributed by atoms with Gasteiger partial charge in [-0.1, -0.05) is 35.0 Å². The van der Waals surface area contributed by atoms with Crippen molar-refractivity contribution in [1.29, 1.82) is 5.26 Å². The number of carbonyl (C=O) groups excluding carboxylic acids is 1. The molecule has 0 saturated heterocycles. The Morgan fingerprint density at radius 1 is 1.25 bits per heavy atom.